The van der Waals surface area contributed by atoms with Gasteiger partial charge >= 0.3 is 6.09 Å². The molecular formula is C23H26N4O4. The number of carbonyl (C=O) groups excluding carboxylic acids is 1. The first-order chi connectivity index (χ1) is 15.3. The van der Waals surface area contributed by atoms with E-state index in [0.29, 0.717) is 43.9 Å². The summed E-state index contributed by atoms with van der Waals surface area (Å²) in [6.07, 6.45) is 7.36. The van der Waals surface area contributed by atoms with Gasteiger partial charge in [0.15, 0.2) is 0 Å². The van der Waals surface area contributed by atoms with Crippen LogP contribution in [-0.2, 0) is 6.42 Å². The molecule has 1 aliphatic rings. The van der Waals surface area contributed by atoms with E-state index < -0.39 is 0 Å². The molecule has 0 bridgehead atoms. The second kappa shape index (κ2) is 10.5. The second-order valence-corrected chi connectivity index (χ2v) is 7.41. The molecule has 1 saturated heterocycles. The molecule has 1 amide bonds. The Labute approximate surface area is 181 Å². The zero-order valence-corrected chi connectivity index (χ0v) is 17.3. The van der Waals surface area contributed by atoms with E-state index in [4.69, 9.17) is 14.3 Å². The van der Waals surface area contributed by atoms with Crippen LogP contribution < -0.4 is 14.3 Å². The maximum absolute atomic E-state index is 12.5. The predicted octanol–water partition coefficient (Wildman–Crippen LogP) is 3.24. The van der Waals surface area contributed by atoms with Gasteiger partial charge in [-0.05, 0) is 48.6 Å². The summed E-state index contributed by atoms with van der Waals surface area (Å²) in [6.45, 7) is 2.45. The lowest BCUT2D eigenvalue weighted by atomic mass is 9.98. The fraction of sp³-hybridized carbons (Fsp3) is 0.348. The minimum Gasteiger partial charge on any atom is -0.477 e. The molecule has 1 aliphatic heterocycles. The van der Waals surface area contributed by atoms with Gasteiger partial charge in [-0.25, -0.2) is 9.78 Å². The maximum atomic E-state index is 12.5. The smallest absolute Gasteiger partial charge is 0.415 e. The Morgan fingerprint density at radius 1 is 1.03 bits per heavy atom. The van der Waals surface area contributed by atoms with E-state index in [1.807, 2.05) is 48.5 Å². The van der Waals surface area contributed by atoms with Crippen LogP contribution in [-0.4, -0.2) is 52.2 Å². The summed E-state index contributed by atoms with van der Waals surface area (Å²) in [4.78, 5) is 25.4. The Bertz CT molecular complexity index is 924. The van der Waals surface area contributed by atoms with Crippen molar-refractivity contribution >= 4 is 6.09 Å². The zero-order valence-electron chi connectivity index (χ0n) is 17.3. The number of amides is 1. The van der Waals surface area contributed by atoms with Crippen molar-refractivity contribution in [2.75, 3.05) is 26.3 Å². The number of pyridine rings is 1. The lowest BCUT2D eigenvalue weighted by molar-refractivity contribution is 0.0366. The van der Waals surface area contributed by atoms with Gasteiger partial charge in [0.2, 0.25) is 5.88 Å². The molecule has 8 nitrogen and oxygen atoms in total. The molecule has 0 spiro atoms. The first-order valence-electron chi connectivity index (χ1n) is 10.5. The van der Waals surface area contributed by atoms with Crippen LogP contribution in [0.15, 0.2) is 67.1 Å². The van der Waals surface area contributed by atoms with Crippen LogP contribution in [0.25, 0.3) is 0 Å². The van der Waals surface area contributed by atoms with E-state index in [9.17, 15) is 4.79 Å². The summed E-state index contributed by atoms with van der Waals surface area (Å²) in [6, 6.07) is 14.9. The number of benzene rings is 1. The van der Waals surface area contributed by atoms with E-state index in [2.05, 4.69) is 10.1 Å². The van der Waals surface area contributed by atoms with Gasteiger partial charge in [0.1, 0.15) is 12.4 Å². The number of carbonyl (C=O) groups is 1. The molecule has 0 unspecified atom stereocenters. The summed E-state index contributed by atoms with van der Waals surface area (Å²) in [5, 5.41) is 4.03. The molecule has 1 aromatic carbocycles. The average molecular weight is 422 g/mol. The number of hydrogen-bond acceptors (Lipinski definition) is 6. The molecule has 3 heterocycles. The van der Waals surface area contributed by atoms with Crippen molar-refractivity contribution in [3.8, 4) is 11.6 Å². The molecule has 0 N–H and O–H groups in total. The van der Waals surface area contributed by atoms with Crippen LogP contribution >= 0.6 is 0 Å². The molecular weight excluding hydrogens is 396 g/mol. The van der Waals surface area contributed by atoms with Crippen molar-refractivity contribution in [2.24, 2.45) is 5.92 Å². The maximum Gasteiger partial charge on any atom is 0.415 e. The van der Waals surface area contributed by atoms with Crippen LogP contribution in [0.5, 0.6) is 11.6 Å². The van der Waals surface area contributed by atoms with Crippen molar-refractivity contribution < 1.29 is 19.1 Å². The minimum absolute atomic E-state index is 0.308. The van der Waals surface area contributed by atoms with E-state index in [-0.39, 0.29) is 6.09 Å². The van der Waals surface area contributed by atoms with Gasteiger partial charge in [0, 0.05) is 31.8 Å². The number of likely N-dealkylation sites (tertiary alicyclic amines) is 1. The van der Waals surface area contributed by atoms with Crippen LogP contribution in [0.1, 0.15) is 18.4 Å². The van der Waals surface area contributed by atoms with Gasteiger partial charge in [-0.15, -0.1) is 9.94 Å². The van der Waals surface area contributed by atoms with Crippen molar-refractivity contribution in [1.82, 2.24) is 19.8 Å². The number of nitrogens with zero attached hydrogens (tertiary/aromatic N) is 4. The molecule has 31 heavy (non-hydrogen) atoms. The number of ether oxygens (including phenoxy) is 2. The molecule has 0 radical (unpaired) electrons. The van der Waals surface area contributed by atoms with Crippen molar-refractivity contribution in [2.45, 2.75) is 19.3 Å². The lowest BCUT2D eigenvalue weighted by Crippen LogP contribution is -2.41. The second-order valence-electron chi connectivity index (χ2n) is 7.41. The van der Waals surface area contributed by atoms with E-state index in [0.717, 1.165) is 24.8 Å². The number of aromatic nitrogens is 3. The normalized spacial score (nSPS) is 14.3. The third kappa shape index (κ3) is 6.21. The van der Waals surface area contributed by atoms with Gasteiger partial charge in [0.05, 0.1) is 19.0 Å². The third-order valence-electron chi connectivity index (χ3n) is 5.20. The molecule has 3 aromatic rings. The number of rotatable bonds is 8. The van der Waals surface area contributed by atoms with Gasteiger partial charge < -0.3 is 19.2 Å². The molecule has 1 fully saturated rings. The van der Waals surface area contributed by atoms with Crippen molar-refractivity contribution in [3.05, 3.63) is 72.7 Å². The topological polar surface area (TPSA) is 78.7 Å². The summed E-state index contributed by atoms with van der Waals surface area (Å²) in [5.41, 5.74) is 1.11. The summed E-state index contributed by atoms with van der Waals surface area (Å²) >= 11 is 0. The first-order valence-corrected chi connectivity index (χ1v) is 10.5. The Kier molecular flexibility index (Phi) is 7.00. The van der Waals surface area contributed by atoms with Gasteiger partial charge in [0.25, 0.3) is 0 Å². The molecule has 8 heteroatoms. The van der Waals surface area contributed by atoms with Crippen LogP contribution in [0.2, 0.25) is 0 Å². The highest BCUT2D eigenvalue weighted by Crippen LogP contribution is 2.19. The molecule has 4 rings (SSSR count). The van der Waals surface area contributed by atoms with Gasteiger partial charge in [-0.2, -0.15) is 0 Å². The molecule has 0 aliphatic carbocycles. The molecule has 0 atom stereocenters. The van der Waals surface area contributed by atoms with E-state index >= 15 is 0 Å². The van der Waals surface area contributed by atoms with E-state index in [1.165, 1.54) is 4.85 Å². The summed E-state index contributed by atoms with van der Waals surface area (Å²) in [7, 11) is 0. The van der Waals surface area contributed by atoms with Crippen molar-refractivity contribution in [3.63, 3.8) is 0 Å². The lowest BCUT2D eigenvalue weighted by Gasteiger charge is -2.30. The Balaban J connectivity index is 1.16. The zero-order chi connectivity index (χ0) is 21.3. The number of hydrogen-bond donors (Lipinski definition) is 0. The third-order valence-corrected chi connectivity index (χ3v) is 5.20. The SMILES string of the molecule is O=C(Oc1ccc(CCOc2ccccn2)cc1)N1CCC(COn2cccn2)CC1. The van der Waals surface area contributed by atoms with Gasteiger partial charge in [-0.3, -0.25) is 0 Å². The Hall–Kier alpha value is -3.55. The Morgan fingerprint density at radius 2 is 1.87 bits per heavy atom. The summed E-state index contributed by atoms with van der Waals surface area (Å²) in [5.74, 6) is 1.56. The molecule has 162 valence electrons. The predicted molar refractivity (Wildman–Crippen MR) is 114 cm³/mol. The highest BCUT2D eigenvalue weighted by molar-refractivity contribution is 5.70. The van der Waals surface area contributed by atoms with Crippen LogP contribution in [0.4, 0.5) is 4.79 Å². The van der Waals surface area contributed by atoms with Gasteiger partial charge in [-0.1, -0.05) is 18.2 Å². The van der Waals surface area contributed by atoms with Crippen LogP contribution in [0.3, 0.4) is 0 Å². The largest absolute Gasteiger partial charge is 0.477 e. The number of piperidine rings is 1. The molecule has 2 aromatic heterocycles. The van der Waals surface area contributed by atoms with E-state index in [1.54, 1.807) is 23.5 Å². The summed E-state index contributed by atoms with van der Waals surface area (Å²) < 4.78 is 11.2. The molecule has 0 saturated carbocycles. The average Bonchev–Trinajstić information content (AvgIpc) is 3.34. The Morgan fingerprint density at radius 3 is 2.58 bits per heavy atom. The first kappa shape index (κ1) is 20.7. The fourth-order valence-corrected chi connectivity index (χ4v) is 3.39. The standard InChI is InChI=1S/C23H26N4O4/c28-23(26-15-9-20(10-16-26)18-30-27-14-3-13-25-27)31-21-7-5-19(6-8-21)11-17-29-22-4-1-2-12-24-22/h1-8,12-14,20H,9-11,15-18H2. The minimum atomic E-state index is -0.308. The van der Waals surface area contributed by atoms with Crippen LogP contribution in [0, 0.1) is 5.92 Å². The highest BCUT2D eigenvalue weighted by Gasteiger charge is 2.24. The fourth-order valence-electron chi connectivity index (χ4n) is 3.39. The highest BCUT2D eigenvalue weighted by atomic mass is 16.7. The monoisotopic (exact) mass is 422 g/mol. The van der Waals surface area contributed by atoms with Crippen molar-refractivity contribution in [1.29, 1.82) is 0 Å². The quantitative estimate of drug-likeness (QED) is 0.555.